The van der Waals surface area contributed by atoms with Crippen LogP contribution >= 0.6 is 0 Å². The predicted octanol–water partition coefficient (Wildman–Crippen LogP) is 1.52. The van der Waals surface area contributed by atoms with Crippen molar-refractivity contribution in [2.75, 3.05) is 39.3 Å². The molecule has 0 spiro atoms. The zero-order valence-electron chi connectivity index (χ0n) is 15.1. The molecule has 5 heterocycles. The summed E-state index contributed by atoms with van der Waals surface area (Å²) in [6.45, 7) is 6.04. The highest BCUT2D eigenvalue weighted by Gasteiger charge is 2.55. The Hall–Kier alpha value is -2.31. The van der Waals surface area contributed by atoms with Crippen molar-refractivity contribution in [2.24, 2.45) is 5.92 Å². The molecule has 0 saturated carbocycles. The molecule has 27 heavy (non-hydrogen) atoms. The van der Waals surface area contributed by atoms with Crippen LogP contribution in [0.25, 0.3) is 0 Å². The molecule has 1 aromatic heterocycles. The van der Waals surface area contributed by atoms with Crippen LogP contribution in [0.3, 0.4) is 0 Å². The molecule has 4 saturated heterocycles. The van der Waals surface area contributed by atoms with Crippen LogP contribution in [-0.2, 0) is 5.41 Å². The number of carbonyl (C=O) groups is 1. The maximum absolute atomic E-state index is 13.5. The Morgan fingerprint density at radius 1 is 1.11 bits per heavy atom. The molecule has 4 bridgehead atoms. The van der Waals surface area contributed by atoms with Gasteiger partial charge in [0.05, 0.1) is 11.8 Å². The summed E-state index contributed by atoms with van der Waals surface area (Å²) in [4.78, 5) is 21.8. The Labute approximate surface area is 158 Å². The van der Waals surface area contributed by atoms with Crippen LogP contribution in [0.5, 0.6) is 0 Å². The van der Waals surface area contributed by atoms with Gasteiger partial charge in [-0.3, -0.25) is 9.78 Å². The first kappa shape index (κ1) is 16.8. The Morgan fingerprint density at radius 2 is 1.81 bits per heavy atom. The van der Waals surface area contributed by atoms with Gasteiger partial charge >= 0.3 is 0 Å². The lowest BCUT2D eigenvalue weighted by Crippen LogP contribution is -2.70. The third-order valence-corrected chi connectivity index (χ3v) is 6.40. The molecule has 0 aliphatic carbocycles. The van der Waals surface area contributed by atoms with Crippen molar-refractivity contribution >= 4 is 5.91 Å². The second-order valence-corrected chi connectivity index (χ2v) is 8.10. The second kappa shape index (κ2) is 6.39. The minimum Gasteiger partial charge on any atom is -0.348 e. The van der Waals surface area contributed by atoms with E-state index < -0.39 is 5.82 Å². The topological polar surface area (TPSA) is 48.5 Å². The molecule has 6 heteroatoms. The van der Waals surface area contributed by atoms with Crippen LogP contribution in [0.4, 0.5) is 4.39 Å². The molecule has 0 radical (unpaired) electrons. The van der Waals surface area contributed by atoms with Crippen molar-refractivity contribution in [3.63, 3.8) is 0 Å². The number of halogens is 1. The van der Waals surface area contributed by atoms with E-state index in [1.165, 1.54) is 17.8 Å². The number of aromatic nitrogens is 1. The van der Waals surface area contributed by atoms with Crippen molar-refractivity contribution in [3.05, 3.63) is 65.7 Å². The number of nitrogens with zero attached hydrogens (tertiary/aromatic N) is 3. The van der Waals surface area contributed by atoms with E-state index >= 15 is 0 Å². The van der Waals surface area contributed by atoms with Gasteiger partial charge in [-0.2, -0.15) is 0 Å². The number of carbonyl (C=O) groups excluding carboxylic acids is 1. The Bertz CT molecular complexity index is 842. The first-order chi connectivity index (χ1) is 13.1. The van der Waals surface area contributed by atoms with Crippen molar-refractivity contribution in [1.82, 2.24) is 20.1 Å². The first-order valence-electron chi connectivity index (χ1n) is 9.56. The first-order valence-corrected chi connectivity index (χ1v) is 9.56. The summed E-state index contributed by atoms with van der Waals surface area (Å²) in [6, 6.07) is 11.8. The average molecular weight is 366 g/mol. The van der Waals surface area contributed by atoms with Gasteiger partial charge in [-0.1, -0.05) is 30.3 Å². The van der Waals surface area contributed by atoms with Crippen LogP contribution < -0.4 is 5.32 Å². The Morgan fingerprint density at radius 3 is 2.48 bits per heavy atom. The molecule has 2 aromatic rings. The molecular weight excluding hydrogens is 343 g/mol. The largest absolute Gasteiger partial charge is 0.348 e. The summed E-state index contributed by atoms with van der Waals surface area (Å²) in [5.74, 6) is -0.362. The van der Waals surface area contributed by atoms with Crippen LogP contribution in [0.2, 0.25) is 0 Å². The minimum absolute atomic E-state index is 0.0290. The van der Waals surface area contributed by atoms with Crippen LogP contribution in [0.1, 0.15) is 15.9 Å². The van der Waals surface area contributed by atoms with Crippen molar-refractivity contribution in [2.45, 2.75) is 11.5 Å². The summed E-state index contributed by atoms with van der Waals surface area (Å²) < 4.78 is 13.5. The highest BCUT2D eigenvalue weighted by atomic mass is 19.1. The summed E-state index contributed by atoms with van der Waals surface area (Å²) in [5.41, 5.74) is 1.41. The van der Waals surface area contributed by atoms with Crippen LogP contribution in [0.15, 0.2) is 48.8 Å². The standard InChI is InChI=1S/C21H23FN4O/c22-18-8-15(9-23-10-18)20(27)24-19-16-11-25-6-7-26(12-16)14-21(19,13-25)17-4-2-1-3-5-17/h1-5,8-10,16,19H,6-7,11-14H2,(H,24,27)/t16?,19-,21?/m1/s1. The van der Waals surface area contributed by atoms with Gasteiger partial charge in [-0.25, -0.2) is 4.39 Å². The van der Waals surface area contributed by atoms with Gasteiger partial charge in [0, 0.05) is 62.8 Å². The van der Waals surface area contributed by atoms with E-state index in [2.05, 4.69) is 44.4 Å². The fourth-order valence-corrected chi connectivity index (χ4v) is 5.33. The van der Waals surface area contributed by atoms with E-state index in [1.54, 1.807) is 0 Å². The summed E-state index contributed by atoms with van der Waals surface area (Å²) in [5, 5.41) is 3.27. The Kier molecular flexibility index (Phi) is 3.98. The van der Waals surface area contributed by atoms with E-state index in [9.17, 15) is 9.18 Å². The molecule has 4 aliphatic heterocycles. The number of rotatable bonds is 3. The van der Waals surface area contributed by atoms with E-state index in [0.717, 1.165) is 45.5 Å². The predicted molar refractivity (Wildman–Crippen MR) is 99.9 cm³/mol. The molecule has 1 amide bonds. The zero-order valence-corrected chi connectivity index (χ0v) is 15.1. The monoisotopic (exact) mass is 366 g/mol. The zero-order chi connectivity index (χ0) is 18.4. The number of benzene rings is 1. The number of hydrogen-bond acceptors (Lipinski definition) is 4. The minimum atomic E-state index is -0.487. The van der Waals surface area contributed by atoms with E-state index in [4.69, 9.17) is 0 Å². The third-order valence-electron chi connectivity index (χ3n) is 6.40. The quantitative estimate of drug-likeness (QED) is 0.895. The second-order valence-electron chi connectivity index (χ2n) is 8.10. The lowest BCUT2D eigenvalue weighted by molar-refractivity contribution is 0.0180. The van der Waals surface area contributed by atoms with Gasteiger partial charge in [0.1, 0.15) is 5.82 Å². The molecule has 4 aliphatic rings. The average Bonchev–Trinajstić information content (AvgIpc) is 2.93. The fourth-order valence-electron chi connectivity index (χ4n) is 5.33. The summed E-state index contributed by atoms with van der Waals surface area (Å²) in [6.07, 6.45) is 2.55. The maximum Gasteiger partial charge on any atom is 0.253 e. The van der Waals surface area contributed by atoms with Gasteiger partial charge < -0.3 is 15.1 Å². The van der Waals surface area contributed by atoms with E-state index in [0.29, 0.717) is 5.92 Å². The van der Waals surface area contributed by atoms with E-state index in [-0.39, 0.29) is 22.9 Å². The normalized spacial score (nSPS) is 34.3. The molecular formula is C21H23FN4O. The van der Waals surface area contributed by atoms with Crippen molar-refractivity contribution < 1.29 is 9.18 Å². The number of piperidine rings is 2. The van der Waals surface area contributed by atoms with E-state index in [1.807, 2.05) is 6.07 Å². The SMILES string of the molecule is O=C(N[C@@H]1C2CN3CCN(C2)CC1(c1ccccc1)C3)c1cncc(F)c1. The van der Waals surface area contributed by atoms with Crippen molar-refractivity contribution in [3.8, 4) is 0 Å². The fraction of sp³-hybridized carbons (Fsp3) is 0.429. The number of nitrogens with one attached hydrogen (secondary N) is 1. The van der Waals surface area contributed by atoms with Crippen LogP contribution in [0, 0.1) is 11.7 Å². The van der Waals surface area contributed by atoms with Gasteiger partial charge in [0.25, 0.3) is 5.91 Å². The molecule has 140 valence electrons. The summed E-state index contributed by atoms with van der Waals surface area (Å²) in [7, 11) is 0. The molecule has 4 fully saturated rings. The van der Waals surface area contributed by atoms with Gasteiger partial charge in [0.15, 0.2) is 0 Å². The molecule has 2 unspecified atom stereocenters. The lowest BCUT2D eigenvalue weighted by atomic mass is 9.64. The number of fused-ring (bicyclic) bond motifs is 1. The lowest BCUT2D eigenvalue weighted by Gasteiger charge is -2.55. The molecule has 1 N–H and O–H groups in total. The summed E-state index contributed by atoms with van der Waals surface area (Å²) >= 11 is 0. The molecule has 1 aromatic carbocycles. The number of amides is 1. The smallest absolute Gasteiger partial charge is 0.253 e. The Balaban J connectivity index is 1.53. The molecule has 5 nitrogen and oxygen atoms in total. The maximum atomic E-state index is 13.5. The van der Waals surface area contributed by atoms with Crippen molar-refractivity contribution in [1.29, 1.82) is 0 Å². The van der Waals surface area contributed by atoms with Crippen LogP contribution in [-0.4, -0.2) is 66.0 Å². The highest BCUT2D eigenvalue weighted by Crippen LogP contribution is 2.43. The van der Waals surface area contributed by atoms with Gasteiger partial charge in [0.2, 0.25) is 0 Å². The molecule has 6 rings (SSSR count). The third kappa shape index (κ3) is 2.84. The molecule has 3 atom stereocenters. The highest BCUT2D eigenvalue weighted by molar-refractivity contribution is 5.94. The number of hydrogen-bond donors (Lipinski definition) is 1. The number of pyridine rings is 1. The van der Waals surface area contributed by atoms with Gasteiger partial charge in [-0.15, -0.1) is 0 Å². The van der Waals surface area contributed by atoms with Gasteiger partial charge in [-0.05, 0) is 11.6 Å².